The molecule has 2 N–H and O–H groups in total. The molecule has 2 heterocycles. The van der Waals surface area contributed by atoms with Crippen molar-refractivity contribution in [1.29, 1.82) is 0 Å². The normalized spacial score (nSPS) is 18.3. The predicted molar refractivity (Wildman–Crippen MR) is 82.6 cm³/mol. The van der Waals surface area contributed by atoms with Crippen molar-refractivity contribution < 1.29 is 9.32 Å². The van der Waals surface area contributed by atoms with Gasteiger partial charge in [-0.3, -0.25) is 4.79 Å². The van der Waals surface area contributed by atoms with Gasteiger partial charge in [0.25, 0.3) is 0 Å². The van der Waals surface area contributed by atoms with Gasteiger partial charge in [-0.05, 0) is 31.8 Å². The lowest BCUT2D eigenvalue weighted by Gasteiger charge is -2.22. The van der Waals surface area contributed by atoms with Gasteiger partial charge in [0, 0.05) is 25.3 Å². The second kappa shape index (κ2) is 9.00. The highest BCUT2D eigenvalue weighted by molar-refractivity contribution is 5.85. The zero-order valence-electron chi connectivity index (χ0n) is 12.7. The summed E-state index contributed by atoms with van der Waals surface area (Å²) in [5.74, 6) is 2.11. The number of rotatable bonds is 6. The summed E-state index contributed by atoms with van der Waals surface area (Å²) in [6.45, 7) is 6.88. The van der Waals surface area contributed by atoms with Gasteiger partial charge < -0.3 is 15.2 Å². The number of hydrogen-bond donors (Lipinski definition) is 2. The zero-order valence-corrected chi connectivity index (χ0v) is 13.5. The van der Waals surface area contributed by atoms with Crippen molar-refractivity contribution in [3.8, 4) is 0 Å². The lowest BCUT2D eigenvalue weighted by atomic mass is 10.00. The summed E-state index contributed by atoms with van der Waals surface area (Å²) in [6.07, 6.45) is 3.30. The minimum absolute atomic E-state index is 0. The fourth-order valence-electron chi connectivity index (χ4n) is 2.27. The molecule has 2 rings (SSSR count). The summed E-state index contributed by atoms with van der Waals surface area (Å²) in [4.78, 5) is 16.0. The number of hydrogen-bond acceptors (Lipinski definition) is 5. The van der Waals surface area contributed by atoms with Crippen molar-refractivity contribution in [2.75, 3.05) is 19.6 Å². The molecule has 1 fully saturated rings. The fraction of sp³-hybridized carbons (Fsp3) is 0.786. The standard InChI is InChI=1S/C14H24N4O2.ClH/c1-10(2)14-17-13(20-18-14)6-5-12(19)16-9-11-4-3-7-15-8-11;/h10-11,15H,3-9H2,1-2H3,(H,16,19);1H. The largest absolute Gasteiger partial charge is 0.356 e. The highest BCUT2D eigenvalue weighted by Crippen LogP contribution is 2.11. The summed E-state index contributed by atoms with van der Waals surface area (Å²) in [5.41, 5.74) is 0. The predicted octanol–water partition coefficient (Wildman–Crippen LogP) is 1.66. The van der Waals surface area contributed by atoms with Gasteiger partial charge in [0.2, 0.25) is 11.8 Å². The summed E-state index contributed by atoms with van der Waals surface area (Å²) < 4.78 is 5.12. The first kappa shape index (κ1) is 17.9. The Morgan fingerprint density at radius 3 is 2.95 bits per heavy atom. The lowest BCUT2D eigenvalue weighted by Crippen LogP contribution is -2.38. The maximum Gasteiger partial charge on any atom is 0.227 e. The Bertz CT molecular complexity index is 430. The number of carbonyl (C=O) groups is 1. The van der Waals surface area contributed by atoms with Gasteiger partial charge in [-0.1, -0.05) is 19.0 Å². The van der Waals surface area contributed by atoms with Gasteiger partial charge in [-0.25, -0.2) is 0 Å². The second-order valence-electron chi connectivity index (χ2n) is 5.72. The quantitative estimate of drug-likeness (QED) is 0.834. The summed E-state index contributed by atoms with van der Waals surface area (Å²) >= 11 is 0. The second-order valence-corrected chi connectivity index (χ2v) is 5.72. The van der Waals surface area contributed by atoms with Gasteiger partial charge in [-0.2, -0.15) is 4.98 Å². The first-order valence-corrected chi connectivity index (χ1v) is 7.45. The molecule has 1 aliphatic rings. The SMILES string of the molecule is CC(C)c1noc(CCC(=O)NCC2CCCNC2)n1.Cl. The number of carbonyl (C=O) groups excluding carboxylic acids is 1. The van der Waals surface area contributed by atoms with E-state index in [0.717, 1.165) is 19.6 Å². The highest BCUT2D eigenvalue weighted by atomic mass is 35.5. The third kappa shape index (κ3) is 6.01. The van der Waals surface area contributed by atoms with Crippen LogP contribution in [0.2, 0.25) is 0 Å². The number of amides is 1. The minimum Gasteiger partial charge on any atom is -0.356 e. The molecule has 0 aromatic carbocycles. The van der Waals surface area contributed by atoms with Crippen molar-refractivity contribution in [2.45, 2.75) is 45.4 Å². The van der Waals surface area contributed by atoms with Crippen molar-refractivity contribution in [1.82, 2.24) is 20.8 Å². The Morgan fingerprint density at radius 2 is 2.33 bits per heavy atom. The molecular formula is C14H25ClN4O2. The first-order valence-electron chi connectivity index (χ1n) is 7.45. The number of halogens is 1. The molecule has 0 saturated carbocycles. The maximum absolute atomic E-state index is 11.8. The number of nitrogens with zero attached hydrogens (tertiary/aromatic N) is 2. The molecular weight excluding hydrogens is 292 g/mol. The van der Waals surface area contributed by atoms with Gasteiger partial charge >= 0.3 is 0 Å². The third-order valence-electron chi connectivity index (χ3n) is 3.55. The first-order chi connectivity index (χ1) is 9.65. The van der Waals surface area contributed by atoms with Gasteiger partial charge in [0.1, 0.15) is 0 Å². The van der Waals surface area contributed by atoms with Crippen LogP contribution < -0.4 is 10.6 Å². The topological polar surface area (TPSA) is 80.0 Å². The Hall–Kier alpha value is -1.14. The van der Waals surface area contributed by atoms with Crippen LogP contribution in [0.3, 0.4) is 0 Å². The van der Waals surface area contributed by atoms with Crippen LogP contribution in [0.15, 0.2) is 4.52 Å². The summed E-state index contributed by atoms with van der Waals surface area (Å²) in [5, 5.41) is 10.2. The van der Waals surface area contributed by atoms with Crippen LogP contribution in [0.5, 0.6) is 0 Å². The van der Waals surface area contributed by atoms with E-state index in [1.165, 1.54) is 12.8 Å². The van der Waals surface area contributed by atoms with E-state index in [-0.39, 0.29) is 24.2 Å². The Kier molecular flexibility index (Phi) is 7.67. The van der Waals surface area contributed by atoms with Crippen LogP contribution in [0.25, 0.3) is 0 Å². The fourth-order valence-corrected chi connectivity index (χ4v) is 2.27. The Balaban J connectivity index is 0.00000220. The zero-order chi connectivity index (χ0) is 14.4. The van der Waals surface area contributed by atoms with Crippen LogP contribution in [0, 0.1) is 5.92 Å². The molecule has 1 saturated heterocycles. The molecule has 21 heavy (non-hydrogen) atoms. The maximum atomic E-state index is 11.8. The van der Waals surface area contributed by atoms with E-state index in [1.807, 2.05) is 13.8 Å². The minimum atomic E-state index is 0. The van der Waals surface area contributed by atoms with E-state index < -0.39 is 0 Å². The van der Waals surface area contributed by atoms with Crippen LogP contribution in [-0.2, 0) is 11.2 Å². The van der Waals surface area contributed by atoms with E-state index in [1.54, 1.807) is 0 Å². The smallest absolute Gasteiger partial charge is 0.227 e. The molecule has 1 unspecified atom stereocenters. The molecule has 0 aliphatic carbocycles. The third-order valence-corrected chi connectivity index (χ3v) is 3.55. The van der Waals surface area contributed by atoms with E-state index in [9.17, 15) is 4.79 Å². The molecule has 0 spiro atoms. The Labute approximate surface area is 131 Å². The van der Waals surface area contributed by atoms with Crippen molar-refractivity contribution >= 4 is 18.3 Å². The van der Waals surface area contributed by atoms with Crippen LogP contribution in [0.4, 0.5) is 0 Å². The molecule has 1 aliphatic heterocycles. The van der Waals surface area contributed by atoms with Crippen molar-refractivity contribution in [2.24, 2.45) is 5.92 Å². The summed E-state index contributed by atoms with van der Waals surface area (Å²) in [7, 11) is 0. The van der Waals surface area contributed by atoms with Crippen molar-refractivity contribution in [3.63, 3.8) is 0 Å². The molecule has 120 valence electrons. The lowest BCUT2D eigenvalue weighted by molar-refractivity contribution is -0.121. The average molecular weight is 317 g/mol. The number of nitrogens with one attached hydrogen (secondary N) is 2. The molecule has 0 bridgehead atoms. The monoisotopic (exact) mass is 316 g/mol. The van der Waals surface area contributed by atoms with Gasteiger partial charge in [-0.15, -0.1) is 12.4 Å². The molecule has 7 heteroatoms. The molecule has 1 aromatic heterocycles. The summed E-state index contributed by atoms with van der Waals surface area (Å²) in [6, 6.07) is 0. The van der Waals surface area contributed by atoms with E-state index >= 15 is 0 Å². The molecule has 1 amide bonds. The average Bonchev–Trinajstić information content (AvgIpc) is 2.93. The Morgan fingerprint density at radius 1 is 1.52 bits per heavy atom. The molecule has 1 aromatic rings. The van der Waals surface area contributed by atoms with Crippen LogP contribution >= 0.6 is 12.4 Å². The van der Waals surface area contributed by atoms with Gasteiger partial charge in [0.15, 0.2) is 5.82 Å². The van der Waals surface area contributed by atoms with E-state index in [0.29, 0.717) is 30.5 Å². The number of piperidine rings is 1. The van der Waals surface area contributed by atoms with Gasteiger partial charge in [0.05, 0.1) is 0 Å². The number of aromatic nitrogens is 2. The van der Waals surface area contributed by atoms with E-state index in [2.05, 4.69) is 20.8 Å². The van der Waals surface area contributed by atoms with Crippen molar-refractivity contribution in [3.05, 3.63) is 11.7 Å². The van der Waals surface area contributed by atoms with Crippen LogP contribution in [-0.4, -0.2) is 35.7 Å². The van der Waals surface area contributed by atoms with Crippen LogP contribution in [0.1, 0.15) is 50.7 Å². The molecule has 6 nitrogen and oxygen atoms in total. The molecule has 1 atom stereocenters. The van der Waals surface area contributed by atoms with E-state index in [4.69, 9.17) is 4.52 Å². The molecule has 0 radical (unpaired) electrons. The number of aryl methyl sites for hydroxylation is 1. The highest BCUT2D eigenvalue weighted by Gasteiger charge is 2.15.